The Morgan fingerprint density at radius 1 is 1.18 bits per heavy atom. The first kappa shape index (κ1) is 32.8. The molecule has 0 bridgehead atoms. The lowest BCUT2D eigenvalue weighted by molar-refractivity contribution is -0.148. The fourth-order valence-corrected chi connectivity index (χ4v) is 2.49. The minimum absolute atomic E-state index is 0.0917. The second kappa shape index (κ2) is 20.3. The summed E-state index contributed by atoms with van der Waals surface area (Å²) in [6.45, 7) is 10.9. The van der Waals surface area contributed by atoms with Gasteiger partial charge >= 0.3 is 5.97 Å². The molecule has 0 aliphatic heterocycles. The van der Waals surface area contributed by atoms with E-state index in [-0.39, 0.29) is 36.4 Å². The van der Waals surface area contributed by atoms with Gasteiger partial charge in [0.15, 0.2) is 0 Å². The SMILES string of the molecule is CC(C)C(N)C=O.CCCC(COC(=O)C(N)C(C)C)N(C)CCc1ccccn1.O=CO. The molecule has 0 saturated carbocycles. The summed E-state index contributed by atoms with van der Waals surface area (Å²) in [4.78, 5) is 36.7. The molecule has 5 N–H and O–H groups in total. The highest BCUT2D eigenvalue weighted by molar-refractivity contribution is 5.75. The zero-order valence-electron chi connectivity index (χ0n) is 21.0. The molecule has 9 heteroatoms. The summed E-state index contributed by atoms with van der Waals surface area (Å²) < 4.78 is 5.43. The maximum Gasteiger partial charge on any atom is 0.323 e. The Balaban J connectivity index is 0. The van der Waals surface area contributed by atoms with Gasteiger partial charge in [-0.15, -0.1) is 0 Å². The number of nitrogens with zero attached hydrogens (tertiary/aromatic N) is 2. The molecule has 3 unspecified atom stereocenters. The third-order valence-corrected chi connectivity index (χ3v) is 5.03. The second-order valence-electron chi connectivity index (χ2n) is 8.46. The molecule has 9 nitrogen and oxygen atoms in total. The summed E-state index contributed by atoms with van der Waals surface area (Å²) in [5, 5.41) is 6.89. The van der Waals surface area contributed by atoms with Gasteiger partial charge in [0.1, 0.15) is 18.9 Å². The smallest absolute Gasteiger partial charge is 0.323 e. The van der Waals surface area contributed by atoms with Crippen LogP contribution in [0.2, 0.25) is 0 Å². The van der Waals surface area contributed by atoms with Crippen molar-refractivity contribution in [2.75, 3.05) is 20.2 Å². The van der Waals surface area contributed by atoms with E-state index < -0.39 is 6.04 Å². The minimum Gasteiger partial charge on any atom is -0.483 e. The van der Waals surface area contributed by atoms with E-state index in [2.05, 4.69) is 23.9 Å². The number of pyridine rings is 1. The highest BCUT2D eigenvalue weighted by Crippen LogP contribution is 2.09. The Bertz CT molecular complexity index is 629. The van der Waals surface area contributed by atoms with Crippen LogP contribution in [-0.2, 0) is 25.5 Å². The normalized spacial score (nSPS) is 13.2. The third kappa shape index (κ3) is 16.9. The fraction of sp³-hybridized carbons (Fsp3) is 0.667. The monoisotopic (exact) mass is 468 g/mol. The molecular weight excluding hydrogens is 424 g/mol. The molecule has 3 atom stereocenters. The van der Waals surface area contributed by atoms with E-state index in [9.17, 15) is 9.59 Å². The third-order valence-electron chi connectivity index (χ3n) is 5.03. The molecule has 190 valence electrons. The highest BCUT2D eigenvalue weighted by Gasteiger charge is 2.22. The molecule has 0 saturated heterocycles. The van der Waals surface area contributed by atoms with Gasteiger partial charge in [0.25, 0.3) is 6.47 Å². The van der Waals surface area contributed by atoms with Gasteiger partial charge in [0.05, 0.1) is 6.04 Å². The van der Waals surface area contributed by atoms with Crippen molar-refractivity contribution in [3.63, 3.8) is 0 Å². The number of carbonyl (C=O) groups is 3. The number of hydrogen-bond donors (Lipinski definition) is 3. The first-order valence-electron chi connectivity index (χ1n) is 11.4. The molecule has 1 heterocycles. The second-order valence-corrected chi connectivity index (χ2v) is 8.46. The molecule has 1 rings (SSSR count). The van der Waals surface area contributed by atoms with Crippen molar-refractivity contribution in [1.29, 1.82) is 0 Å². The predicted octanol–water partition coefficient (Wildman–Crippen LogP) is 2.12. The molecule has 0 radical (unpaired) electrons. The number of carboxylic acid groups (broad SMARTS) is 1. The zero-order chi connectivity index (χ0) is 25.8. The molecule has 0 aliphatic rings. The Kier molecular flexibility index (Phi) is 20.1. The van der Waals surface area contributed by atoms with E-state index in [0.717, 1.165) is 37.8 Å². The van der Waals surface area contributed by atoms with E-state index in [0.29, 0.717) is 6.61 Å². The Hall–Kier alpha value is -2.36. The average Bonchev–Trinajstić information content (AvgIpc) is 2.80. The summed E-state index contributed by atoms with van der Waals surface area (Å²) in [5.41, 5.74) is 12.2. The topological polar surface area (TPSA) is 149 Å². The summed E-state index contributed by atoms with van der Waals surface area (Å²) in [6, 6.07) is 5.35. The van der Waals surface area contributed by atoms with E-state index in [1.165, 1.54) is 0 Å². The van der Waals surface area contributed by atoms with E-state index >= 15 is 0 Å². The Morgan fingerprint density at radius 3 is 2.18 bits per heavy atom. The molecule has 0 fully saturated rings. The van der Waals surface area contributed by atoms with Crippen molar-refractivity contribution in [2.24, 2.45) is 23.3 Å². The lowest BCUT2D eigenvalue weighted by atomic mass is 10.1. The number of aldehydes is 1. The summed E-state index contributed by atoms with van der Waals surface area (Å²) >= 11 is 0. The minimum atomic E-state index is -0.545. The number of likely N-dealkylation sites (N-methyl/N-ethyl adjacent to an activating group) is 1. The van der Waals surface area contributed by atoms with Gasteiger partial charge < -0.3 is 26.1 Å². The quantitative estimate of drug-likeness (QED) is 0.310. The number of aromatic nitrogens is 1. The first-order chi connectivity index (χ1) is 15.5. The molecule has 0 spiro atoms. The molecule has 0 aliphatic carbocycles. The van der Waals surface area contributed by atoms with Crippen molar-refractivity contribution < 1.29 is 24.2 Å². The molecule has 0 amide bonds. The van der Waals surface area contributed by atoms with Crippen molar-refractivity contribution in [2.45, 2.75) is 72.0 Å². The van der Waals surface area contributed by atoms with Crippen molar-refractivity contribution in [3.05, 3.63) is 30.1 Å². The van der Waals surface area contributed by atoms with Crippen LogP contribution in [0.25, 0.3) is 0 Å². The predicted molar refractivity (Wildman–Crippen MR) is 131 cm³/mol. The Labute approximate surface area is 198 Å². The molecule has 0 aromatic carbocycles. The molecule has 1 aromatic rings. The van der Waals surface area contributed by atoms with Gasteiger partial charge in [-0.1, -0.05) is 47.1 Å². The van der Waals surface area contributed by atoms with Crippen LogP contribution >= 0.6 is 0 Å². The molecule has 33 heavy (non-hydrogen) atoms. The first-order valence-corrected chi connectivity index (χ1v) is 11.4. The average molecular weight is 469 g/mol. The maximum absolute atomic E-state index is 11.9. The van der Waals surface area contributed by atoms with E-state index in [1.807, 2.05) is 52.1 Å². The van der Waals surface area contributed by atoms with E-state index in [1.54, 1.807) is 0 Å². The number of rotatable bonds is 12. The largest absolute Gasteiger partial charge is 0.483 e. The number of carbonyl (C=O) groups excluding carboxylic acids is 2. The van der Waals surface area contributed by atoms with Crippen molar-refractivity contribution in [1.82, 2.24) is 9.88 Å². The summed E-state index contributed by atoms with van der Waals surface area (Å²) in [5.74, 6) is 0.0609. The van der Waals surface area contributed by atoms with Gasteiger partial charge in [-0.05, 0) is 37.4 Å². The fourth-order valence-electron chi connectivity index (χ4n) is 2.49. The lowest BCUT2D eigenvalue weighted by Crippen LogP contribution is -2.42. The van der Waals surface area contributed by atoms with Crippen LogP contribution in [0.15, 0.2) is 24.4 Å². The van der Waals surface area contributed by atoms with Gasteiger partial charge in [-0.2, -0.15) is 0 Å². The number of nitrogens with two attached hydrogens (primary N) is 2. The van der Waals surface area contributed by atoms with Crippen LogP contribution < -0.4 is 11.5 Å². The summed E-state index contributed by atoms with van der Waals surface area (Å²) in [7, 11) is 2.07. The standard InChI is InChI=1S/C18H31N3O2.C5H11NO.CH2O2/c1-5-8-16(13-23-18(22)17(19)14(2)3)21(4)12-10-15-9-6-7-11-20-15;1-4(2)5(6)3-7;2-1-3/h6-7,9,11,14,16-17H,5,8,10,12-13,19H2,1-4H3;3-5H,6H2,1-2H3;1H,(H,2,3). The van der Waals surface area contributed by atoms with Crippen LogP contribution in [0.1, 0.15) is 53.2 Å². The van der Waals surface area contributed by atoms with Crippen LogP contribution in [-0.4, -0.2) is 72.0 Å². The van der Waals surface area contributed by atoms with E-state index in [4.69, 9.17) is 26.1 Å². The van der Waals surface area contributed by atoms with Crippen molar-refractivity contribution >= 4 is 18.7 Å². The lowest BCUT2D eigenvalue weighted by Gasteiger charge is -2.28. The molecular formula is C24H44N4O5. The van der Waals surface area contributed by atoms with Crippen LogP contribution in [0, 0.1) is 11.8 Å². The van der Waals surface area contributed by atoms with Gasteiger partial charge in [-0.3, -0.25) is 19.5 Å². The maximum atomic E-state index is 11.9. The highest BCUT2D eigenvalue weighted by atomic mass is 16.5. The van der Waals surface area contributed by atoms with Crippen LogP contribution in [0.5, 0.6) is 0 Å². The van der Waals surface area contributed by atoms with Crippen molar-refractivity contribution in [3.8, 4) is 0 Å². The Morgan fingerprint density at radius 2 is 1.79 bits per heavy atom. The van der Waals surface area contributed by atoms with Gasteiger partial charge in [0.2, 0.25) is 0 Å². The van der Waals surface area contributed by atoms with Gasteiger partial charge in [0, 0.05) is 30.9 Å². The number of esters is 1. The molecule has 1 aromatic heterocycles. The number of ether oxygens (including phenoxy) is 1. The van der Waals surface area contributed by atoms with Crippen LogP contribution in [0.4, 0.5) is 0 Å². The summed E-state index contributed by atoms with van der Waals surface area (Å²) in [6.07, 6.45) is 5.50. The van der Waals surface area contributed by atoms with Crippen LogP contribution in [0.3, 0.4) is 0 Å². The van der Waals surface area contributed by atoms with Gasteiger partial charge in [-0.25, -0.2) is 0 Å². The number of hydrogen-bond acceptors (Lipinski definition) is 8. The zero-order valence-corrected chi connectivity index (χ0v) is 21.0.